The van der Waals surface area contributed by atoms with E-state index in [2.05, 4.69) is 49.8 Å². The fourth-order valence-electron chi connectivity index (χ4n) is 3.00. The molecule has 120 valence electrons. The number of benzene rings is 2. The number of nitrogens with zero attached hydrogens (tertiary/aromatic N) is 4. The molecule has 25 heavy (non-hydrogen) atoms. The molecule has 2 aromatic carbocycles. The van der Waals surface area contributed by atoms with Gasteiger partial charge in [-0.05, 0) is 28.5 Å². The van der Waals surface area contributed by atoms with Crippen LogP contribution in [0.15, 0.2) is 65.7 Å². The van der Waals surface area contributed by atoms with Gasteiger partial charge in [-0.2, -0.15) is 9.61 Å². The summed E-state index contributed by atoms with van der Waals surface area (Å²) in [7, 11) is 0. The van der Waals surface area contributed by atoms with E-state index >= 15 is 0 Å². The van der Waals surface area contributed by atoms with Crippen LogP contribution in [-0.2, 0) is 0 Å². The van der Waals surface area contributed by atoms with Gasteiger partial charge in [0.1, 0.15) is 0 Å². The molecule has 3 aromatic heterocycles. The standard InChI is InChI=1S/C18H12N6O/c25-18-16(15-7-8-19-21-15)22-23-17-14(10-20-24(17)18)13-6-5-11-3-1-2-4-12(11)9-13/h1-10,20H,(H,19,21). The first-order chi connectivity index (χ1) is 12.3. The van der Waals surface area contributed by atoms with Crippen LogP contribution in [0.4, 0.5) is 0 Å². The number of hydrogen-bond acceptors (Lipinski definition) is 4. The summed E-state index contributed by atoms with van der Waals surface area (Å²) in [5, 5.41) is 20.2. The van der Waals surface area contributed by atoms with Crippen LogP contribution in [0.1, 0.15) is 0 Å². The van der Waals surface area contributed by atoms with Crippen molar-refractivity contribution in [1.82, 2.24) is 30.0 Å². The molecule has 0 saturated heterocycles. The quantitative estimate of drug-likeness (QED) is 0.521. The van der Waals surface area contributed by atoms with E-state index in [0.717, 1.165) is 21.9 Å². The predicted octanol–water partition coefficient (Wildman–Crippen LogP) is 2.63. The molecule has 7 nitrogen and oxygen atoms in total. The highest BCUT2D eigenvalue weighted by Gasteiger charge is 2.15. The maximum Gasteiger partial charge on any atom is 0.301 e. The van der Waals surface area contributed by atoms with Gasteiger partial charge in [-0.25, -0.2) is 0 Å². The second kappa shape index (κ2) is 5.13. The molecule has 0 spiro atoms. The molecular weight excluding hydrogens is 316 g/mol. The maximum absolute atomic E-state index is 12.7. The lowest BCUT2D eigenvalue weighted by Crippen LogP contribution is -2.19. The first kappa shape index (κ1) is 13.7. The Balaban J connectivity index is 1.72. The zero-order chi connectivity index (χ0) is 16.8. The maximum atomic E-state index is 12.7. The SMILES string of the molecule is O=c1c(-c2ccn[nH]2)nnc2c(-c3ccc4ccccc4c3)c[nH]n12. The molecule has 0 saturated carbocycles. The Kier molecular flexibility index (Phi) is 2.81. The lowest BCUT2D eigenvalue weighted by molar-refractivity contribution is 0.854. The van der Waals surface area contributed by atoms with Gasteiger partial charge in [-0.1, -0.05) is 36.4 Å². The molecule has 0 radical (unpaired) electrons. The van der Waals surface area contributed by atoms with Crippen molar-refractivity contribution in [2.75, 3.05) is 0 Å². The van der Waals surface area contributed by atoms with Gasteiger partial charge in [-0.15, -0.1) is 10.2 Å². The van der Waals surface area contributed by atoms with E-state index in [1.165, 1.54) is 4.52 Å². The molecule has 0 aliphatic heterocycles. The fourth-order valence-corrected chi connectivity index (χ4v) is 3.00. The number of H-pyrrole nitrogens is 2. The lowest BCUT2D eigenvalue weighted by Gasteiger charge is -2.02. The Morgan fingerprint density at radius 2 is 1.84 bits per heavy atom. The van der Waals surface area contributed by atoms with Gasteiger partial charge in [0, 0.05) is 18.0 Å². The van der Waals surface area contributed by atoms with Crippen molar-refractivity contribution < 1.29 is 0 Å². The van der Waals surface area contributed by atoms with E-state index in [4.69, 9.17) is 0 Å². The van der Waals surface area contributed by atoms with Crippen molar-refractivity contribution in [1.29, 1.82) is 0 Å². The van der Waals surface area contributed by atoms with E-state index in [9.17, 15) is 4.79 Å². The average Bonchev–Trinajstić information content (AvgIpc) is 3.32. The van der Waals surface area contributed by atoms with Crippen LogP contribution in [0.2, 0.25) is 0 Å². The zero-order valence-electron chi connectivity index (χ0n) is 13.0. The first-order valence-corrected chi connectivity index (χ1v) is 7.77. The van der Waals surface area contributed by atoms with Gasteiger partial charge in [0.05, 0.1) is 5.69 Å². The molecule has 0 aliphatic carbocycles. The predicted molar refractivity (Wildman–Crippen MR) is 94.1 cm³/mol. The summed E-state index contributed by atoms with van der Waals surface area (Å²) in [4.78, 5) is 12.7. The van der Waals surface area contributed by atoms with Gasteiger partial charge < -0.3 is 0 Å². The van der Waals surface area contributed by atoms with Crippen LogP contribution in [0.3, 0.4) is 0 Å². The van der Waals surface area contributed by atoms with Crippen LogP contribution in [0, 0.1) is 0 Å². The molecule has 0 aliphatic rings. The van der Waals surface area contributed by atoms with E-state index < -0.39 is 0 Å². The number of hydrogen-bond donors (Lipinski definition) is 2. The normalized spacial score (nSPS) is 11.4. The summed E-state index contributed by atoms with van der Waals surface area (Å²) in [5.41, 5.74) is 2.77. The minimum absolute atomic E-state index is 0.224. The average molecular weight is 328 g/mol. The van der Waals surface area contributed by atoms with Gasteiger partial charge in [0.15, 0.2) is 11.3 Å². The highest BCUT2D eigenvalue weighted by Crippen LogP contribution is 2.26. The van der Waals surface area contributed by atoms with E-state index in [0.29, 0.717) is 11.3 Å². The molecule has 2 N–H and O–H groups in total. The first-order valence-electron chi connectivity index (χ1n) is 7.77. The number of nitrogens with one attached hydrogen (secondary N) is 2. The molecule has 5 aromatic rings. The smallest absolute Gasteiger partial charge is 0.296 e. The lowest BCUT2D eigenvalue weighted by atomic mass is 10.0. The van der Waals surface area contributed by atoms with Crippen molar-refractivity contribution in [3.63, 3.8) is 0 Å². The van der Waals surface area contributed by atoms with Crippen molar-refractivity contribution in [3.05, 3.63) is 71.3 Å². The third kappa shape index (κ3) is 2.06. The van der Waals surface area contributed by atoms with Crippen molar-refractivity contribution >= 4 is 16.4 Å². The van der Waals surface area contributed by atoms with E-state index in [-0.39, 0.29) is 11.3 Å². The van der Waals surface area contributed by atoms with Crippen molar-refractivity contribution in [3.8, 4) is 22.5 Å². The Bertz CT molecular complexity index is 1270. The molecule has 0 fully saturated rings. The summed E-state index contributed by atoms with van der Waals surface area (Å²) in [5.74, 6) is 0. The second-order valence-electron chi connectivity index (χ2n) is 5.73. The number of rotatable bonds is 2. The summed E-state index contributed by atoms with van der Waals surface area (Å²) in [6.07, 6.45) is 3.34. The summed E-state index contributed by atoms with van der Waals surface area (Å²) in [6.45, 7) is 0. The number of aromatic nitrogens is 6. The van der Waals surface area contributed by atoms with Crippen LogP contribution in [-0.4, -0.2) is 30.0 Å². The van der Waals surface area contributed by atoms with Crippen LogP contribution in [0.25, 0.3) is 38.9 Å². The van der Waals surface area contributed by atoms with Crippen molar-refractivity contribution in [2.24, 2.45) is 0 Å². The summed E-state index contributed by atoms with van der Waals surface area (Å²) >= 11 is 0. The Hall–Kier alpha value is -3.74. The van der Waals surface area contributed by atoms with Gasteiger partial charge in [-0.3, -0.25) is 15.0 Å². The summed E-state index contributed by atoms with van der Waals surface area (Å²) < 4.78 is 1.40. The molecular formula is C18H12N6O. The van der Waals surface area contributed by atoms with Gasteiger partial charge in [0.25, 0.3) is 0 Å². The Morgan fingerprint density at radius 1 is 0.960 bits per heavy atom. The van der Waals surface area contributed by atoms with Gasteiger partial charge >= 0.3 is 5.56 Å². The van der Waals surface area contributed by atoms with Gasteiger partial charge in [0.2, 0.25) is 0 Å². The fraction of sp³-hybridized carbons (Fsp3) is 0. The van der Waals surface area contributed by atoms with Crippen molar-refractivity contribution in [2.45, 2.75) is 0 Å². The zero-order valence-corrected chi connectivity index (χ0v) is 13.0. The molecule has 7 heteroatoms. The number of fused-ring (bicyclic) bond motifs is 2. The van der Waals surface area contributed by atoms with Crippen LogP contribution in [0.5, 0.6) is 0 Å². The highest BCUT2D eigenvalue weighted by atomic mass is 16.1. The number of aromatic amines is 2. The third-order valence-corrected chi connectivity index (χ3v) is 4.26. The Morgan fingerprint density at radius 3 is 2.68 bits per heavy atom. The molecule has 0 unspecified atom stereocenters. The summed E-state index contributed by atoms with van der Waals surface area (Å²) in [6, 6.07) is 16.0. The Labute approximate surface area is 141 Å². The minimum atomic E-state index is -0.277. The molecule has 0 amide bonds. The van der Waals surface area contributed by atoms with Crippen LogP contribution >= 0.6 is 0 Å². The monoisotopic (exact) mass is 328 g/mol. The molecule has 0 atom stereocenters. The molecule has 5 rings (SSSR count). The molecule has 3 heterocycles. The van der Waals surface area contributed by atoms with E-state index in [1.807, 2.05) is 18.2 Å². The highest BCUT2D eigenvalue weighted by molar-refractivity contribution is 5.89. The minimum Gasteiger partial charge on any atom is -0.296 e. The molecule has 0 bridgehead atoms. The van der Waals surface area contributed by atoms with Crippen LogP contribution < -0.4 is 5.56 Å². The van der Waals surface area contributed by atoms with E-state index in [1.54, 1.807) is 18.5 Å². The third-order valence-electron chi connectivity index (χ3n) is 4.26. The topological polar surface area (TPSA) is 91.7 Å². The largest absolute Gasteiger partial charge is 0.301 e. The second-order valence-corrected chi connectivity index (χ2v) is 5.73.